The highest BCUT2D eigenvalue weighted by molar-refractivity contribution is 5.88. The van der Waals surface area contributed by atoms with Crippen molar-refractivity contribution in [2.75, 3.05) is 26.1 Å². The van der Waals surface area contributed by atoms with E-state index >= 15 is 0 Å². The Hall–Kier alpha value is -4.19. The SMILES string of the molecule is COc1ccc(-c2cn3cccc(OCCOc4cccc5ccccc45)c3n2)cc1N. The van der Waals surface area contributed by atoms with Gasteiger partial charge in [0, 0.05) is 23.3 Å². The molecule has 2 heterocycles. The van der Waals surface area contributed by atoms with E-state index < -0.39 is 0 Å². The summed E-state index contributed by atoms with van der Waals surface area (Å²) < 4.78 is 19.2. The van der Waals surface area contributed by atoms with Crippen LogP contribution in [-0.4, -0.2) is 29.7 Å². The van der Waals surface area contributed by atoms with Crippen LogP contribution in [0.2, 0.25) is 0 Å². The number of aromatic nitrogens is 2. The van der Waals surface area contributed by atoms with Gasteiger partial charge in [0.05, 0.1) is 18.5 Å². The lowest BCUT2D eigenvalue weighted by molar-refractivity contribution is 0.219. The fourth-order valence-electron chi connectivity index (χ4n) is 3.76. The molecule has 0 fully saturated rings. The van der Waals surface area contributed by atoms with Gasteiger partial charge in [0.2, 0.25) is 0 Å². The summed E-state index contributed by atoms with van der Waals surface area (Å²) in [5.74, 6) is 2.19. The van der Waals surface area contributed by atoms with E-state index in [1.54, 1.807) is 7.11 Å². The number of anilines is 1. The number of rotatable bonds is 7. The molecule has 32 heavy (non-hydrogen) atoms. The number of fused-ring (bicyclic) bond motifs is 2. The lowest BCUT2D eigenvalue weighted by Crippen LogP contribution is -2.09. The Bertz CT molecular complexity index is 1390. The van der Waals surface area contributed by atoms with Gasteiger partial charge < -0.3 is 24.3 Å². The molecule has 0 aliphatic heterocycles. The summed E-state index contributed by atoms with van der Waals surface area (Å²) in [5.41, 5.74) is 9.09. The molecule has 3 aromatic carbocycles. The summed E-state index contributed by atoms with van der Waals surface area (Å²) >= 11 is 0. The third-order valence-electron chi connectivity index (χ3n) is 5.32. The highest BCUT2D eigenvalue weighted by Crippen LogP contribution is 2.30. The number of hydrogen-bond acceptors (Lipinski definition) is 5. The number of methoxy groups -OCH3 is 1. The van der Waals surface area contributed by atoms with Crippen molar-refractivity contribution in [3.63, 3.8) is 0 Å². The molecule has 0 aliphatic rings. The first-order chi connectivity index (χ1) is 15.7. The molecule has 2 N–H and O–H groups in total. The van der Waals surface area contributed by atoms with Crippen LogP contribution in [0.5, 0.6) is 17.2 Å². The third kappa shape index (κ3) is 3.78. The molecule has 6 nitrogen and oxygen atoms in total. The van der Waals surface area contributed by atoms with Crippen molar-refractivity contribution < 1.29 is 14.2 Å². The number of ether oxygens (including phenoxy) is 3. The van der Waals surface area contributed by atoms with E-state index in [0.29, 0.717) is 30.4 Å². The molecular formula is C26H23N3O3. The number of nitrogens with zero attached hydrogens (tertiary/aromatic N) is 2. The molecule has 0 aliphatic carbocycles. The maximum Gasteiger partial charge on any atom is 0.180 e. The summed E-state index contributed by atoms with van der Waals surface area (Å²) in [6.45, 7) is 0.832. The first kappa shape index (κ1) is 19.8. The molecule has 5 rings (SSSR count). The number of pyridine rings is 1. The summed E-state index contributed by atoms with van der Waals surface area (Å²) in [6.07, 6.45) is 3.90. The largest absolute Gasteiger partial charge is 0.495 e. The van der Waals surface area contributed by atoms with Gasteiger partial charge in [-0.15, -0.1) is 0 Å². The van der Waals surface area contributed by atoms with E-state index in [1.165, 1.54) is 0 Å². The summed E-state index contributed by atoms with van der Waals surface area (Å²) in [7, 11) is 1.60. The Morgan fingerprint density at radius 1 is 0.844 bits per heavy atom. The van der Waals surface area contributed by atoms with Gasteiger partial charge >= 0.3 is 0 Å². The number of imidazole rings is 1. The molecule has 5 aromatic rings. The zero-order chi connectivity index (χ0) is 21.9. The topological polar surface area (TPSA) is 71.0 Å². The second-order valence-electron chi connectivity index (χ2n) is 7.36. The van der Waals surface area contributed by atoms with Gasteiger partial charge in [0.1, 0.15) is 24.7 Å². The number of nitrogen functional groups attached to an aromatic ring is 1. The van der Waals surface area contributed by atoms with Crippen LogP contribution in [0.25, 0.3) is 27.7 Å². The van der Waals surface area contributed by atoms with E-state index in [1.807, 2.05) is 71.4 Å². The minimum atomic E-state index is 0.403. The Balaban J connectivity index is 1.31. The highest BCUT2D eigenvalue weighted by Gasteiger charge is 2.11. The zero-order valence-electron chi connectivity index (χ0n) is 17.7. The quantitative estimate of drug-likeness (QED) is 0.287. The van der Waals surface area contributed by atoms with Crippen LogP contribution in [0.4, 0.5) is 5.69 Å². The second kappa shape index (κ2) is 8.51. The van der Waals surface area contributed by atoms with Gasteiger partial charge in [-0.05, 0) is 41.8 Å². The summed E-state index contributed by atoms with van der Waals surface area (Å²) in [6, 6.07) is 23.7. The van der Waals surface area contributed by atoms with Crippen LogP contribution in [-0.2, 0) is 0 Å². The van der Waals surface area contributed by atoms with Crippen molar-refractivity contribution in [3.8, 4) is 28.5 Å². The molecule has 0 unspecified atom stereocenters. The fraction of sp³-hybridized carbons (Fsp3) is 0.115. The van der Waals surface area contributed by atoms with Crippen LogP contribution in [0.15, 0.2) is 85.2 Å². The number of benzene rings is 3. The lowest BCUT2D eigenvalue weighted by Gasteiger charge is -2.11. The first-order valence-electron chi connectivity index (χ1n) is 10.4. The predicted octanol–water partition coefficient (Wildman–Crippen LogP) is 5.20. The van der Waals surface area contributed by atoms with E-state index in [4.69, 9.17) is 24.9 Å². The van der Waals surface area contributed by atoms with Gasteiger partial charge in [0.15, 0.2) is 11.4 Å². The second-order valence-corrected chi connectivity index (χ2v) is 7.36. The van der Waals surface area contributed by atoms with E-state index in [0.717, 1.165) is 33.4 Å². The molecule has 6 heteroatoms. The predicted molar refractivity (Wildman–Crippen MR) is 127 cm³/mol. The van der Waals surface area contributed by atoms with Crippen LogP contribution in [0.1, 0.15) is 0 Å². The average Bonchev–Trinajstić information content (AvgIpc) is 3.27. The Morgan fingerprint density at radius 2 is 1.62 bits per heavy atom. The van der Waals surface area contributed by atoms with Crippen LogP contribution in [0.3, 0.4) is 0 Å². The Morgan fingerprint density at radius 3 is 2.47 bits per heavy atom. The molecular weight excluding hydrogens is 402 g/mol. The van der Waals surface area contributed by atoms with Gasteiger partial charge in [-0.2, -0.15) is 0 Å². The van der Waals surface area contributed by atoms with Gasteiger partial charge in [-0.25, -0.2) is 4.98 Å². The third-order valence-corrected chi connectivity index (χ3v) is 5.32. The molecule has 2 aromatic heterocycles. The van der Waals surface area contributed by atoms with Crippen LogP contribution in [0, 0.1) is 0 Å². The van der Waals surface area contributed by atoms with Crippen molar-refractivity contribution in [2.24, 2.45) is 0 Å². The fourth-order valence-corrected chi connectivity index (χ4v) is 3.76. The monoisotopic (exact) mass is 425 g/mol. The maximum atomic E-state index is 6.06. The normalized spacial score (nSPS) is 11.0. The summed E-state index contributed by atoms with van der Waals surface area (Å²) in [4.78, 5) is 4.76. The smallest absolute Gasteiger partial charge is 0.180 e. The minimum absolute atomic E-state index is 0.403. The van der Waals surface area contributed by atoms with Crippen LogP contribution >= 0.6 is 0 Å². The molecule has 160 valence electrons. The maximum absolute atomic E-state index is 6.06. The average molecular weight is 425 g/mol. The molecule has 0 amide bonds. The standard InChI is InChI=1S/C26H23N3O3/c1-30-24-12-11-19(16-21(24)27)22-17-29-13-5-10-25(26(29)28-22)32-15-14-31-23-9-4-7-18-6-2-3-8-20(18)23/h2-13,16-17H,14-15,27H2,1H3. The zero-order valence-corrected chi connectivity index (χ0v) is 17.7. The summed E-state index contributed by atoms with van der Waals surface area (Å²) in [5, 5.41) is 2.24. The number of hydrogen-bond donors (Lipinski definition) is 1. The van der Waals surface area contributed by atoms with Crippen molar-refractivity contribution in [2.45, 2.75) is 0 Å². The molecule has 0 spiro atoms. The van der Waals surface area contributed by atoms with Gasteiger partial charge in [-0.1, -0.05) is 36.4 Å². The Labute approximate surface area is 185 Å². The molecule has 0 saturated carbocycles. The Kier molecular flexibility index (Phi) is 5.25. The lowest BCUT2D eigenvalue weighted by atomic mass is 10.1. The van der Waals surface area contributed by atoms with E-state index in [2.05, 4.69) is 18.2 Å². The van der Waals surface area contributed by atoms with Crippen molar-refractivity contribution >= 4 is 22.1 Å². The molecule has 0 saturated heterocycles. The van der Waals surface area contributed by atoms with Gasteiger partial charge in [-0.3, -0.25) is 0 Å². The number of nitrogens with two attached hydrogens (primary N) is 1. The van der Waals surface area contributed by atoms with E-state index in [-0.39, 0.29) is 0 Å². The van der Waals surface area contributed by atoms with E-state index in [9.17, 15) is 0 Å². The van der Waals surface area contributed by atoms with Crippen molar-refractivity contribution in [1.29, 1.82) is 0 Å². The van der Waals surface area contributed by atoms with Gasteiger partial charge in [0.25, 0.3) is 0 Å². The first-order valence-corrected chi connectivity index (χ1v) is 10.4. The van der Waals surface area contributed by atoms with Crippen molar-refractivity contribution in [1.82, 2.24) is 9.38 Å². The molecule has 0 radical (unpaired) electrons. The molecule has 0 bridgehead atoms. The highest BCUT2D eigenvalue weighted by atomic mass is 16.5. The van der Waals surface area contributed by atoms with Crippen molar-refractivity contribution in [3.05, 3.63) is 85.2 Å². The van der Waals surface area contributed by atoms with Crippen LogP contribution < -0.4 is 19.9 Å². The minimum Gasteiger partial charge on any atom is -0.495 e. The molecule has 0 atom stereocenters.